The molecule has 0 unspecified atom stereocenters. The van der Waals surface area contributed by atoms with Gasteiger partial charge in [-0.15, -0.1) is 11.3 Å². The zero-order valence-corrected chi connectivity index (χ0v) is 10.5. The maximum absolute atomic E-state index is 5.32. The number of imidazole rings is 1. The number of H-pyrrole nitrogens is 1. The first kappa shape index (κ1) is 10.4. The van der Waals surface area contributed by atoms with Gasteiger partial charge in [0.05, 0.1) is 18.1 Å². The smallest absolute Gasteiger partial charge is 0.152 e. The summed E-state index contributed by atoms with van der Waals surface area (Å²) in [5.41, 5.74) is 3.27. The second kappa shape index (κ2) is 3.89. The number of hydrogen-bond acceptors (Lipinski definition) is 3. The van der Waals surface area contributed by atoms with Crippen LogP contribution in [0.1, 0.15) is 5.56 Å². The molecule has 0 radical (unpaired) electrons. The summed E-state index contributed by atoms with van der Waals surface area (Å²) in [5, 5.41) is 2.01. The fraction of sp³-hybridized carbons (Fsp3) is 0.154. The van der Waals surface area contributed by atoms with Crippen LogP contribution in [0, 0.1) is 6.92 Å². The van der Waals surface area contributed by atoms with Crippen molar-refractivity contribution in [3.05, 3.63) is 35.2 Å². The van der Waals surface area contributed by atoms with Gasteiger partial charge in [0.25, 0.3) is 0 Å². The minimum Gasteiger partial charge on any atom is -0.495 e. The van der Waals surface area contributed by atoms with E-state index in [-0.39, 0.29) is 0 Å². The lowest BCUT2D eigenvalue weighted by molar-refractivity contribution is 0.418. The highest BCUT2D eigenvalue weighted by Gasteiger charge is 2.12. The van der Waals surface area contributed by atoms with Crippen molar-refractivity contribution in [2.45, 2.75) is 6.92 Å². The van der Waals surface area contributed by atoms with Crippen molar-refractivity contribution in [2.24, 2.45) is 0 Å². The maximum Gasteiger partial charge on any atom is 0.152 e. The van der Waals surface area contributed by atoms with Crippen LogP contribution in [0.15, 0.2) is 29.6 Å². The minimum absolute atomic E-state index is 0.867. The fourth-order valence-electron chi connectivity index (χ4n) is 1.91. The molecule has 86 valence electrons. The Morgan fingerprint density at radius 3 is 2.94 bits per heavy atom. The highest BCUT2D eigenvalue weighted by atomic mass is 32.1. The standard InChI is InChI=1S/C13H12N2OS/c1-8-4-3-5-9-11(8)15-13(14-9)12-10(16-2)6-7-17-12/h3-7H,1-2H3,(H,14,15). The molecule has 0 fully saturated rings. The molecule has 0 aliphatic rings. The van der Waals surface area contributed by atoms with Gasteiger partial charge in [-0.05, 0) is 30.0 Å². The summed E-state index contributed by atoms with van der Waals surface area (Å²) in [6, 6.07) is 8.10. The van der Waals surface area contributed by atoms with E-state index < -0.39 is 0 Å². The van der Waals surface area contributed by atoms with Gasteiger partial charge in [-0.2, -0.15) is 0 Å². The lowest BCUT2D eigenvalue weighted by atomic mass is 10.2. The van der Waals surface area contributed by atoms with Gasteiger partial charge in [0.1, 0.15) is 10.6 Å². The maximum atomic E-state index is 5.32. The Labute approximate surface area is 103 Å². The predicted octanol–water partition coefficient (Wildman–Crippen LogP) is 3.61. The van der Waals surface area contributed by atoms with Crippen LogP contribution >= 0.6 is 11.3 Å². The number of hydrogen-bond donors (Lipinski definition) is 1. The lowest BCUT2D eigenvalue weighted by Gasteiger charge is -1.97. The summed E-state index contributed by atoms with van der Waals surface area (Å²) in [7, 11) is 1.68. The Kier molecular flexibility index (Phi) is 2.37. The van der Waals surface area contributed by atoms with E-state index in [1.807, 2.05) is 23.6 Å². The molecule has 0 aliphatic carbocycles. The number of aryl methyl sites for hydroxylation is 1. The number of fused-ring (bicyclic) bond motifs is 1. The second-order valence-electron chi connectivity index (χ2n) is 3.87. The first-order chi connectivity index (χ1) is 8.29. The molecule has 0 aliphatic heterocycles. The molecule has 0 spiro atoms. The fourth-order valence-corrected chi connectivity index (χ4v) is 2.72. The number of thiophene rings is 1. The number of aromatic amines is 1. The molecule has 0 bridgehead atoms. The van der Waals surface area contributed by atoms with Crippen molar-refractivity contribution in [3.8, 4) is 16.5 Å². The summed E-state index contributed by atoms with van der Waals surface area (Å²) in [4.78, 5) is 9.02. The minimum atomic E-state index is 0.867. The Hall–Kier alpha value is -1.81. The molecule has 1 aromatic carbocycles. The molecule has 1 N–H and O–H groups in total. The van der Waals surface area contributed by atoms with E-state index in [0.29, 0.717) is 0 Å². The molecule has 3 aromatic rings. The van der Waals surface area contributed by atoms with Crippen LogP contribution in [0.25, 0.3) is 21.7 Å². The number of methoxy groups -OCH3 is 1. The van der Waals surface area contributed by atoms with Gasteiger partial charge in [0, 0.05) is 0 Å². The van der Waals surface area contributed by atoms with Gasteiger partial charge in [-0.25, -0.2) is 4.98 Å². The highest BCUT2D eigenvalue weighted by molar-refractivity contribution is 7.13. The topological polar surface area (TPSA) is 37.9 Å². The van der Waals surface area contributed by atoms with Gasteiger partial charge in [-0.3, -0.25) is 0 Å². The molecule has 3 rings (SSSR count). The zero-order chi connectivity index (χ0) is 11.8. The van der Waals surface area contributed by atoms with E-state index in [1.165, 1.54) is 5.56 Å². The second-order valence-corrected chi connectivity index (χ2v) is 4.79. The van der Waals surface area contributed by atoms with Crippen molar-refractivity contribution >= 4 is 22.4 Å². The number of benzene rings is 1. The van der Waals surface area contributed by atoms with Gasteiger partial charge < -0.3 is 9.72 Å². The summed E-state index contributed by atoms with van der Waals surface area (Å²) in [5.74, 6) is 1.74. The number of nitrogens with one attached hydrogen (secondary N) is 1. The monoisotopic (exact) mass is 244 g/mol. The van der Waals surface area contributed by atoms with Crippen LogP contribution < -0.4 is 4.74 Å². The van der Waals surface area contributed by atoms with E-state index in [0.717, 1.165) is 27.5 Å². The molecule has 0 saturated heterocycles. The summed E-state index contributed by atoms with van der Waals surface area (Å²) in [6.07, 6.45) is 0. The third-order valence-electron chi connectivity index (χ3n) is 2.78. The summed E-state index contributed by atoms with van der Waals surface area (Å²) in [6.45, 7) is 2.07. The van der Waals surface area contributed by atoms with Crippen molar-refractivity contribution in [3.63, 3.8) is 0 Å². The van der Waals surface area contributed by atoms with Crippen LogP contribution in [-0.2, 0) is 0 Å². The number of nitrogens with zero attached hydrogens (tertiary/aromatic N) is 1. The molecule has 0 atom stereocenters. The Morgan fingerprint density at radius 2 is 2.18 bits per heavy atom. The molecule has 3 nitrogen and oxygen atoms in total. The lowest BCUT2D eigenvalue weighted by Crippen LogP contribution is -1.83. The zero-order valence-electron chi connectivity index (χ0n) is 9.65. The first-order valence-electron chi connectivity index (χ1n) is 5.37. The van der Waals surface area contributed by atoms with Crippen LogP contribution in [0.2, 0.25) is 0 Å². The number of ether oxygens (including phenoxy) is 1. The van der Waals surface area contributed by atoms with Crippen molar-refractivity contribution in [1.29, 1.82) is 0 Å². The molecule has 0 amide bonds. The van der Waals surface area contributed by atoms with Gasteiger partial charge >= 0.3 is 0 Å². The molecule has 4 heteroatoms. The molecule has 0 saturated carbocycles. The Balaban J connectivity index is 2.22. The third kappa shape index (κ3) is 1.61. The Bertz CT molecular complexity index is 669. The van der Waals surface area contributed by atoms with Gasteiger partial charge in [0.2, 0.25) is 0 Å². The van der Waals surface area contributed by atoms with Crippen LogP contribution in [0.4, 0.5) is 0 Å². The number of rotatable bonds is 2. The van der Waals surface area contributed by atoms with E-state index in [2.05, 4.69) is 23.0 Å². The first-order valence-corrected chi connectivity index (χ1v) is 6.25. The summed E-state index contributed by atoms with van der Waals surface area (Å²) < 4.78 is 5.32. The number of para-hydroxylation sites is 1. The van der Waals surface area contributed by atoms with E-state index in [1.54, 1.807) is 18.4 Å². The van der Waals surface area contributed by atoms with Crippen molar-refractivity contribution < 1.29 is 4.74 Å². The van der Waals surface area contributed by atoms with Crippen molar-refractivity contribution in [1.82, 2.24) is 9.97 Å². The Morgan fingerprint density at radius 1 is 1.29 bits per heavy atom. The normalized spacial score (nSPS) is 10.9. The predicted molar refractivity (Wildman–Crippen MR) is 70.7 cm³/mol. The average molecular weight is 244 g/mol. The van der Waals surface area contributed by atoms with Gasteiger partial charge in [0.15, 0.2) is 5.82 Å². The average Bonchev–Trinajstić information content (AvgIpc) is 2.94. The van der Waals surface area contributed by atoms with E-state index >= 15 is 0 Å². The van der Waals surface area contributed by atoms with Crippen LogP contribution in [0.5, 0.6) is 5.75 Å². The molecule has 17 heavy (non-hydrogen) atoms. The highest BCUT2D eigenvalue weighted by Crippen LogP contribution is 2.34. The van der Waals surface area contributed by atoms with E-state index in [4.69, 9.17) is 4.74 Å². The van der Waals surface area contributed by atoms with Gasteiger partial charge in [-0.1, -0.05) is 12.1 Å². The largest absolute Gasteiger partial charge is 0.495 e. The third-order valence-corrected chi connectivity index (χ3v) is 3.68. The molecular weight excluding hydrogens is 232 g/mol. The van der Waals surface area contributed by atoms with Crippen LogP contribution in [0.3, 0.4) is 0 Å². The number of aromatic nitrogens is 2. The molecule has 2 aromatic heterocycles. The summed E-state index contributed by atoms with van der Waals surface area (Å²) >= 11 is 1.63. The quantitative estimate of drug-likeness (QED) is 0.747. The van der Waals surface area contributed by atoms with Crippen molar-refractivity contribution in [2.75, 3.05) is 7.11 Å². The van der Waals surface area contributed by atoms with E-state index in [9.17, 15) is 0 Å². The SMILES string of the molecule is COc1ccsc1-c1nc2c(C)cccc2[nH]1. The molecule has 2 heterocycles. The molecular formula is C13H12N2OS. The van der Waals surface area contributed by atoms with Crippen LogP contribution in [-0.4, -0.2) is 17.1 Å².